The second-order valence-corrected chi connectivity index (χ2v) is 5.31. The third-order valence-corrected chi connectivity index (χ3v) is 3.35. The lowest BCUT2D eigenvalue weighted by atomic mass is 10.1. The summed E-state index contributed by atoms with van der Waals surface area (Å²) in [6.45, 7) is -0.198. The number of unbranched alkanes of at least 4 members (excludes halogenated alkanes) is 9. The van der Waals surface area contributed by atoms with E-state index >= 15 is 0 Å². The van der Waals surface area contributed by atoms with E-state index in [-0.39, 0.29) is 6.61 Å². The maximum atomic E-state index is 11.6. The summed E-state index contributed by atoms with van der Waals surface area (Å²) in [5, 5.41) is 1.09. The van der Waals surface area contributed by atoms with Crippen molar-refractivity contribution in [2.24, 2.45) is 0 Å². The van der Waals surface area contributed by atoms with Gasteiger partial charge in [-0.05, 0) is 12.8 Å². The summed E-state index contributed by atoms with van der Waals surface area (Å²) >= 11 is 3.40. The molecule has 18 heavy (non-hydrogen) atoms. The minimum Gasteiger partial charge on any atom is -0.292 e. The number of halogens is 4. The molecule has 0 unspecified atom stereocenters. The molecule has 0 atom stereocenters. The van der Waals surface area contributed by atoms with Gasteiger partial charge in [0.1, 0.15) is 0 Å². The molecule has 0 N–H and O–H groups in total. The molecule has 0 aliphatic carbocycles. The Hall–Kier alpha value is 0.230. The zero-order chi connectivity index (χ0) is 13.7. The lowest BCUT2D eigenvalue weighted by molar-refractivity contribution is -0.324. The highest BCUT2D eigenvalue weighted by Gasteiger charge is 2.28. The van der Waals surface area contributed by atoms with Crippen LogP contribution in [0.4, 0.5) is 13.2 Å². The van der Waals surface area contributed by atoms with Gasteiger partial charge in [-0.1, -0.05) is 67.3 Å². The Morgan fingerprint density at radius 2 is 1.06 bits per heavy atom. The molecule has 0 saturated carbocycles. The molecule has 0 saturated heterocycles. The Morgan fingerprint density at radius 3 is 1.44 bits per heavy atom. The third kappa shape index (κ3) is 16.2. The molecule has 0 aliphatic rings. The van der Waals surface area contributed by atoms with E-state index in [0.29, 0.717) is 6.42 Å². The summed E-state index contributed by atoms with van der Waals surface area (Å²) in [4.78, 5) is 0. The standard InChI is InChI=1S/C13H24BrF3O/c14-11-9-7-5-3-1-2-4-6-8-10-12-18-13(15,16)17/h1-12H2. The highest BCUT2D eigenvalue weighted by Crippen LogP contribution is 2.17. The van der Waals surface area contributed by atoms with Gasteiger partial charge in [-0.3, -0.25) is 4.74 Å². The Kier molecular flexibility index (Phi) is 12.4. The van der Waals surface area contributed by atoms with Crippen molar-refractivity contribution in [1.29, 1.82) is 0 Å². The van der Waals surface area contributed by atoms with Crippen LogP contribution in [0.5, 0.6) is 0 Å². The summed E-state index contributed by atoms with van der Waals surface area (Å²) in [5.74, 6) is 0. The SMILES string of the molecule is FC(F)(F)OCCCCCCCCCCCCBr. The average molecular weight is 333 g/mol. The Labute approximate surface area is 117 Å². The molecule has 0 heterocycles. The van der Waals surface area contributed by atoms with Crippen molar-refractivity contribution < 1.29 is 17.9 Å². The summed E-state index contributed by atoms with van der Waals surface area (Å²) in [6, 6.07) is 0. The van der Waals surface area contributed by atoms with E-state index in [1.807, 2.05) is 0 Å². The Balaban J connectivity index is 2.99. The van der Waals surface area contributed by atoms with Crippen LogP contribution < -0.4 is 0 Å². The topological polar surface area (TPSA) is 9.23 Å². The van der Waals surface area contributed by atoms with E-state index in [9.17, 15) is 13.2 Å². The molecular formula is C13H24BrF3O. The highest BCUT2D eigenvalue weighted by atomic mass is 79.9. The van der Waals surface area contributed by atoms with Gasteiger partial charge in [0.05, 0.1) is 6.61 Å². The monoisotopic (exact) mass is 332 g/mol. The minimum atomic E-state index is -4.46. The van der Waals surface area contributed by atoms with Crippen LogP contribution in [-0.2, 0) is 4.74 Å². The summed E-state index contributed by atoms with van der Waals surface area (Å²) in [7, 11) is 0. The zero-order valence-corrected chi connectivity index (χ0v) is 12.5. The van der Waals surface area contributed by atoms with Crippen molar-refractivity contribution in [1.82, 2.24) is 0 Å². The molecule has 0 aromatic carbocycles. The maximum absolute atomic E-state index is 11.6. The van der Waals surface area contributed by atoms with Crippen LogP contribution in [0.1, 0.15) is 64.2 Å². The number of hydrogen-bond acceptors (Lipinski definition) is 1. The first-order valence-electron chi connectivity index (χ1n) is 6.83. The smallest absolute Gasteiger partial charge is 0.292 e. The normalized spacial score (nSPS) is 12.0. The predicted octanol–water partition coefficient (Wildman–Crippen LogP) is 5.82. The fourth-order valence-corrected chi connectivity index (χ4v) is 2.20. The average Bonchev–Trinajstić information content (AvgIpc) is 2.29. The van der Waals surface area contributed by atoms with Crippen LogP contribution >= 0.6 is 15.9 Å². The quantitative estimate of drug-likeness (QED) is 0.323. The van der Waals surface area contributed by atoms with Gasteiger partial charge in [-0.15, -0.1) is 13.2 Å². The molecule has 1 nitrogen and oxygen atoms in total. The van der Waals surface area contributed by atoms with Crippen LogP contribution in [-0.4, -0.2) is 18.3 Å². The molecule has 0 radical (unpaired) electrons. The fourth-order valence-electron chi connectivity index (χ4n) is 1.80. The third-order valence-electron chi connectivity index (χ3n) is 2.79. The molecule has 0 spiro atoms. The zero-order valence-electron chi connectivity index (χ0n) is 10.9. The van der Waals surface area contributed by atoms with Gasteiger partial charge >= 0.3 is 6.36 Å². The van der Waals surface area contributed by atoms with Crippen molar-refractivity contribution in [2.75, 3.05) is 11.9 Å². The minimum absolute atomic E-state index is 0.198. The van der Waals surface area contributed by atoms with E-state index in [2.05, 4.69) is 20.7 Å². The Bertz CT molecular complexity index is 174. The van der Waals surface area contributed by atoms with Crippen LogP contribution in [0.25, 0.3) is 0 Å². The number of rotatable bonds is 12. The first kappa shape index (κ1) is 18.2. The van der Waals surface area contributed by atoms with Crippen molar-refractivity contribution in [3.8, 4) is 0 Å². The molecule has 0 amide bonds. The van der Waals surface area contributed by atoms with E-state index in [1.165, 1.54) is 38.5 Å². The molecule has 0 rings (SSSR count). The summed E-state index contributed by atoms with van der Waals surface area (Å²) in [5.41, 5.74) is 0. The second kappa shape index (κ2) is 12.3. The molecule has 110 valence electrons. The molecule has 0 aliphatic heterocycles. The predicted molar refractivity (Wildman–Crippen MR) is 72.0 cm³/mol. The number of ether oxygens (including phenoxy) is 1. The van der Waals surface area contributed by atoms with Crippen molar-refractivity contribution in [2.45, 2.75) is 70.6 Å². The van der Waals surface area contributed by atoms with Gasteiger partial charge in [0.25, 0.3) is 0 Å². The van der Waals surface area contributed by atoms with Gasteiger partial charge in [-0.25, -0.2) is 0 Å². The maximum Gasteiger partial charge on any atom is 0.522 e. The first-order chi connectivity index (χ1) is 8.56. The van der Waals surface area contributed by atoms with Gasteiger partial charge in [0.15, 0.2) is 0 Å². The van der Waals surface area contributed by atoms with Gasteiger partial charge < -0.3 is 0 Å². The largest absolute Gasteiger partial charge is 0.522 e. The molecule has 0 bridgehead atoms. The Morgan fingerprint density at radius 1 is 0.667 bits per heavy atom. The van der Waals surface area contributed by atoms with E-state index < -0.39 is 6.36 Å². The van der Waals surface area contributed by atoms with Crippen molar-refractivity contribution in [3.05, 3.63) is 0 Å². The van der Waals surface area contributed by atoms with Crippen LogP contribution in [0.15, 0.2) is 0 Å². The van der Waals surface area contributed by atoms with Crippen molar-refractivity contribution in [3.63, 3.8) is 0 Å². The van der Waals surface area contributed by atoms with E-state index in [4.69, 9.17) is 0 Å². The lowest BCUT2D eigenvalue weighted by Crippen LogP contribution is -2.13. The molecule has 0 fully saturated rings. The highest BCUT2D eigenvalue weighted by molar-refractivity contribution is 9.09. The number of alkyl halides is 4. The van der Waals surface area contributed by atoms with Gasteiger partial charge in [0.2, 0.25) is 0 Å². The van der Waals surface area contributed by atoms with Crippen molar-refractivity contribution >= 4 is 15.9 Å². The van der Waals surface area contributed by atoms with Gasteiger partial charge in [0, 0.05) is 5.33 Å². The summed E-state index contributed by atoms with van der Waals surface area (Å²) in [6.07, 6.45) is 6.59. The molecule has 0 aromatic heterocycles. The van der Waals surface area contributed by atoms with Gasteiger partial charge in [-0.2, -0.15) is 0 Å². The van der Waals surface area contributed by atoms with Crippen LogP contribution in [0.2, 0.25) is 0 Å². The van der Waals surface area contributed by atoms with E-state index in [1.54, 1.807) is 0 Å². The van der Waals surface area contributed by atoms with Crippen LogP contribution in [0, 0.1) is 0 Å². The number of hydrogen-bond donors (Lipinski definition) is 0. The molecule has 5 heteroatoms. The molecular weight excluding hydrogens is 309 g/mol. The summed E-state index contributed by atoms with van der Waals surface area (Å²) < 4.78 is 38.6. The van der Waals surface area contributed by atoms with E-state index in [0.717, 1.165) is 24.6 Å². The fraction of sp³-hybridized carbons (Fsp3) is 1.00. The lowest BCUT2D eigenvalue weighted by Gasteiger charge is -2.06. The second-order valence-electron chi connectivity index (χ2n) is 4.52. The molecule has 0 aromatic rings. The van der Waals surface area contributed by atoms with Crippen LogP contribution in [0.3, 0.4) is 0 Å². The first-order valence-corrected chi connectivity index (χ1v) is 7.95.